The summed E-state index contributed by atoms with van der Waals surface area (Å²) in [7, 11) is 1.60. The highest BCUT2D eigenvalue weighted by atomic mass is 16.5. The SMILES string of the molecule is CCOC(=O)C1(C)Cc2c(ccc(OC)c2OCc2ccccc2)CN1C(=O)[C@@H](OC1CCCC1)c1ccccc1. The number of amides is 1. The Morgan fingerprint density at radius 1 is 0.976 bits per heavy atom. The molecule has 2 atom stereocenters. The summed E-state index contributed by atoms with van der Waals surface area (Å²) in [6.45, 7) is 4.32. The van der Waals surface area contributed by atoms with Crippen molar-refractivity contribution >= 4 is 11.9 Å². The van der Waals surface area contributed by atoms with E-state index in [1.54, 1.807) is 25.9 Å². The Balaban J connectivity index is 1.53. The van der Waals surface area contributed by atoms with E-state index in [9.17, 15) is 9.59 Å². The smallest absolute Gasteiger partial charge is 0.332 e. The van der Waals surface area contributed by atoms with Crippen molar-refractivity contribution in [3.8, 4) is 11.5 Å². The number of carbonyl (C=O) groups is 2. The van der Waals surface area contributed by atoms with E-state index in [0.717, 1.165) is 47.9 Å². The summed E-state index contributed by atoms with van der Waals surface area (Å²) in [5.74, 6) is 0.464. The molecule has 1 amide bonds. The zero-order valence-electron chi connectivity index (χ0n) is 24.1. The van der Waals surface area contributed by atoms with Gasteiger partial charge in [-0.3, -0.25) is 4.79 Å². The summed E-state index contributed by atoms with van der Waals surface area (Å²) < 4.78 is 24.1. The lowest BCUT2D eigenvalue weighted by Gasteiger charge is -2.45. The van der Waals surface area contributed by atoms with Crippen LogP contribution in [-0.4, -0.2) is 42.1 Å². The van der Waals surface area contributed by atoms with Gasteiger partial charge in [-0.15, -0.1) is 0 Å². The maximum absolute atomic E-state index is 14.5. The average molecular weight is 558 g/mol. The summed E-state index contributed by atoms with van der Waals surface area (Å²) >= 11 is 0. The van der Waals surface area contributed by atoms with E-state index in [-0.39, 0.29) is 31.6 Å². The standard InChI is InChI=1S/C34H39NO6/c1-4-39-33(37)34(2)21-28-26(19-20-29(38-3)31(28)40-23-24-13-7-5-8-14-24)22-35(34)32(36)30(25-15-9-6-10-16-25)41-27-17-11-12-18-27/h5-10,13-16,19-20,27,30H,4,11-12,17-18,21-23H2,1-3H3/t30-,34?/m0/s1. The highest BCUT2D eigenvalue weighted by molar-refractivity contribution is 5.91. The zero-order valence-corrected chi connectivity index (χ0v) is 24.1. The monoisotopic (exact) mass is 557 g/mol. The number of rotatable bonds is 10. The molecule has 1 heterocycles. The number of ether oxygens (including phenoxy) is 4. The fraction of sp³-hybridized carbons (Fsp3) is 0.412. The minimum atomic E-state index is -1.27. The quantitative estimate of drug-likeness (QED) is 0.277. The van der Waals surface area contributed by atoms with Crippen molar-refractivity contribution in [2.24, 2.45) is 0 Å². The normalized spacial score (nSPS) is 19.3. The number of nitrogens with zero attached hydrogens (tertiary/aromatic N) is 1. The van der Waals surface area contributed by atoms with Crippen LogP contribution in [0.1, 0.15) is 67.9 Å². The van der Waals surface area contributed by atoms with E-state index in [0.29, 0.717) is 18.1 Å². The maximum atomic E-state index is 14.5. The zero-order chi connectivity index (χ0) is 28.8. The van der Waals surface area contributed by atoms with Gasteiger partial charge in [0.25, 0.3) is 5.91 Å². The lowest BCUT2D eigenvalue weighted by atomic mass is 9.82. The van der Waals surface area contributed by atoms with Crippen molar-refractivity contribution in [2.45, 2.75) is 76.9 Å². The molecule has 1 fully saturated rings. The molecule has 5 rings (SSSR count). The van der Waals surface area contributed by atoms with Gasteiger partial charge in [0.1, 0.15) is 12.1 Å². The molecule has 0 saturated heterocycles. The Kier molecular flexibility index (Phi) is 8.93. The van der Waals surface area contributed by atoms with Crippen molar-refractivity contribution in [1.82, 2.24) is 4.90 Å². The Morgan fingerprint density at radius 2 is 1.66 bits per heavy atom. The van der Waals surface area contributed by atoms with Crippen LogP contribution in [0.4, 0.5) is 0 Å². The molecule has 41 heavy (non-hydrogen) atoms. The molecular formula is C34H39NO6. The van der Waals surface area contributed by atoms with Crippen LogP contribution in [0.2, 0.25) is 0 Å². The number of hydrogen-bond donors (Lipinski definition) is 0. The first-order valence-corrected chi connectivity index (χ1v) is 14.5. The predicted octanol–water partition coefficient (Wildman–Crippen LogP) is 6.18. The molecule has 1 unspecified atom stereocenters. The van der Waals surface area contributed by atoms with Crippen LogP contribution >= 0.6 is 0 Å². The highest BCUT2D eigenvalue weighted by Crippen LogP contribution is 2.43. The van der Waals surface area contributed by atoms with Gasteiger partial charge in [0.05, 0.1) is 19.8 Å². The number of esters is 1. The van der Waals surface area contributed by atoms with Gasteiger partial charge in [-0.25, -0.2) is 4.79 Å². The molecule has 0 radical (unpaired) electrons. The first kappa shape index (κ1) is 28.7. The third-order valence-electron chi connectivity index (χ3n) is 8.15. The molecule has 1 aliphatic heterocycles. The van der Waals surface area contributed by atoms with Crippen molar-refractivity contribution in [3.63, 3.8) is 0 Å². The third-order valence-corrected chi connectivity index (χ3v) is 8.15. The van der Waals surface area contributed by atoms with Gasteiger partial charge in [0.15, 0.2) is 17.6 Å². The lowest BCUT2D eigenvalue weighted by molar-refractivity contribution is -0.171. The summed E-state index contributed by atoms with van der Waals surface area (Å²) in [4.78, 5) is 29.8. The highest BCUT2D eigenvalue weighted by Gasteiger charge is 2.50. The van der Waals surface area contributed by atoms with Gasteiger partial charge >= 0.3 is 5.97 Å². The van der Waals surface area contributed by atoms with Crippen molar-refractivity contribution in [3.05, 3.63) is 95.1 Å². The molecule has 0 spiro atoms. The van der Waals surface area contributed by atoms with Crippen LogP contribution in [0, 0.1) is 0 Å². The fourth-order valence-electron chi connectivity index (χ4n) is 5.88. The van der Waals surface area contributed by atoms with Gasteiger partial charge in [-0.1, -0.05) is 79.6 Å². The second-order valence-corrected chi connectivity index (χ2v) is 10.9. The summed E-state index contributed by atoms with van der Waals surface area (Å²) in [5, 5.41) is 0. The Hall–Kier alpha value is -3.84. The minimum Gasteiger partial charge on any atom is -0.493 e. The summed E-state index contributed by atoms with van der Waals surface area (Å²) in [5.41, 5.74) is 2.26. The van der Waals surface area contributed by atoms with E-state index in [4.69, 9.17) is 18.9 Å². The largest absolute Gasteiger partial charge is 0.493 e. The van der Waals surface area contributed by atoms with Gasteiger partial charge in [-0.2, -0.15) is 0 Å². The molecule has 3 aromatic rings. The molecular weight excluding hydrogens is 518 g/mol. The fourth-order valence-corrected chi connectivity index (χ4v) is 5.88. The number of carbonyl (C=O) groups excluding carboxylic acids is 2. The van der Waals surface area contributed by atoms with E-state index < -0.39 is 17.6 Å². The van der Waals surface area contributed by atoms with Crippen molar-refractivity contribution in [1.29, 1.82) is 0 Å². The van der Waals surface area contributed by atoms with Gasteiger partial charge in [0.2, 0.25) is 0 Å². The molecule has 2 aliphatic rings. The Labute approximate surface area is 242 Å². The van der Waals surface area contributed by atoms with Gasteiger partial charge in [-0.05, 0) is 49.4 Å². The van der Waals surface area contributed by atoms with E-state index in [2.05, 4.69) is 0 Å². The minimum absolute atomic E-state index is 0.0114. The molecule has 0 bridgehead atoms. The first-order valence-electron chi connectivity index (χ1n) is 14.5. The molecule has 1 aliphatic carbocycles. The summed E-state index contributed by atoms with van der Waals surface area (Å²) in [6, 6.07) is 23.3. The van der Waals surface area contributed by atoms with Crippen LogP contribution in [0.15, 0.2) is 72.8 Å². The topological polar surface area (TPSA) is 74.3 Å². The van der Waals surface area contributed by atoms with Gasteiger partial charge < -0.3 is 23.8 Å². The van der Waals surface area contributed by atoms with Crippen molar-refractivity contribution in [2.75, 3.05) is 13.7 Å². The van der Waals surface area contributed by atoms with Crippen molar-refractivity contribution < 1.29 is 28.5 Å². The summed E-state index contributed by atoms with van der Waals surface area (Å²) in [6.07, 6.45) is 3.45. The lowest BCUT2D eigenvalue weighted by Crippen LogP contribution is -2.60. The number of benzene rings is 3. The van der Waals surface area contributed by atoms with Crippen LogP contribution in [0.3, 0.4) is 0 Å². The predicted molar refractivity (Wildman–Crippen MR) is 156 cm³/mol. The second kappa shape index (κ2) is 12.8. The number of methoxy groups -OCH3 is 1. The molecule has 7 nitrogen and oxygen atoms in total. The third kappa shape index (κ3) is 6.10. The van der Waals surface area contributed by atoms with Crippen LogP contribution in [0.25, 0.3) is 0 Å². The molecule has 0 N–H and O–H groups in total. The number of hydrogen-bond acceptors (Lipinski definition) is 6. The van der Waals surface area contributed by atoms with E-state index in [1.807, 2.05) is 72.8 Å². The second-order valence-electron chi connectivity index (χ2n) is 10.9. The molecule has 0 aromatic heterocycles. The van der Waals surface area contributed by atoms with Gasteiger partial charge in [0, 0.05) is 18.5 Å². The van der Waals surface area contributed by atoms with Crippen LogP contribution in [0.5, 0.6) is 11.5 Å². The molecule has 216 valence electrons. The molecule has 3 aromatic carbocycles. The Bertz CT molecular complexity index is 1340. The average Bonchev–Trinajstić information content (AvgIpc) is 3.52. The molecule has 1 saturated carbocycles. The van der Waals surface area contributed by atoms with E-state index >= 15 is 0 Å². The van der Waals surface area contributed by atoms with Crippen LogP contribution in [-0.2, 0) is 38.6 Å². The number of fused-ring (bicyclic) bond motifs is 1. The van der Waals surface area contributed by atoms with E-state index in [1.165, 1.54) is 0 Å². The Morgan fingerprint density at radius 3 is 2.32 bits per heavy atom. The maximum Gasteiger partial charge on any atom is 0.332 e. The first-order chi connectivity index (χ1) is 19.9. The van der Waals surface area contributed by atoms with Crippen LogP contribution < -0.4 is 9.47 Å². The molecule has 7 heteroatoms.